The van der Waals surface area contributed by atoms with Gasteiger partial charge in [0, 0.05) is 41.7 Å². The van der Waals surface area contributed by atoms with Gasteiger partial charge in [-0.05, 0) is 66.9 Å². The van der Waals surface area contributed by atoms with Crippen LogP contribution < -0.4 is 10.6 Å². The lowest BCUT2D eigenvalue weighted by molar-refractivity contribution is 0.102. The van der Waals surface area contributed by atoms with Gasteiger partial charge < -0.3 is 15.7 Å². The van der Waals surface area contributed by atoms with E-state index in [9.17, 15) is 19.1 Å². The van der Waals surface area contributed by atoms with E-state index in [1.807, 2.05) is 6.07 Å². The van der Waals surface area contributed by atoms with Crippen molar-refractivity contribution in [2.75, 3.05) is 5.32 Å². The highest BCUT2D eigenvalue weighted by molar-refractivity contribution is 6.04. The van der Waals surface area contributed by atoms with Crippen LogP contribution in [0.4, 0.5) is 14.9 Å². The van der Waals surface area contributed by atoms with Crippen molar-refractivity contribution in [3.05, 3.63) is 95.7 Å². The molecule has 1 fully saturated rings. The summed E-state index contributed by atoms with van der Waals surface area (Å²) >= 11 is 0. The summed E-state index contributed by atoms with van der Waals surface area (Å²) in [6, 6.07) is 15.4. The second-order valence-electron chi connectivity index (χ2n) is 9.06. The number of pyridine rings is 1. The number of nitrogens with one attached hydrogen (secondary N) is 2. The highest BCUT2D eigenvalue weighted by Gasteiger charge is 2.26. The van der Waals surface area contributed by atoms with Gasteiger partial charge in [0.25, 0.3) is 5.91 Å². The highest BCUT2D eigenvalue weighted by Crippen LogP contribution is 2.38. The standard InChI is InChI=1S/C28H26FN5O3/c29-21-7-3-4-18(14-21)17-31-28(37)34-25(19-5-1-2-6-19)16-24(33-34)23-15-22(8-9-26(23)35)32-27(36)20-10-12-30-13-11-20/h3-4,7-16,19,35H,1-2,5-6,17H2,(H,31,37)(H,32,36). The number of amides is 2. The van der Waals surface area contributed by atoms with Crippen molar-refractivity contribution in [3.8, 4) is 17.0 Å². The molecule has 2 aromatic carbocycles. The fourth-order valence-electron chi connectivity index (χ4n) is 4.63. The number of rotatable bonds is 6. The molecule has 4 aromatic rings. The van der Waals surface area contributed by atoms with E-state index in [1.54, 1.807) is 36.4 Å². The molecule has 0 unspecified atom stereocenters. The lowest BCUT2D eigenvalue weighted by atomic mass is 10.0. The third-order valence-electron chi connectivity index (χ3n) is 6.51. The average Bonchev–Trinajstić information content (AvgIpc) is 3.59. The summed E-state index contributed by atoms with van der Waals surface area (Å²) in [4.78, 5) is 29.6. The molecule has 3 N–H and O–H groups in total. The van der Waals surface area contributed by atoms with Crippen LogP contribution in [-0.4, -0.2) is 31.8 Å². The Morgan fingerprint density at radius 2 is 1.81 bits per heavy atom. The van der Waals surface area contributed by atoms with Gasteiger partial charge >= 0.3 is 6.03 Å². The molecule has 188 valence electrons. The molecule has 8 nitrogen and oxygen atoms in total. The van der Waals surface area contributed by atoms with Gasteiger partial charge in [-0.25, -0.2) is 9.18 Å². The molecule has 2 amide bonds. The van der Waals surface area contributed by atoms with Gasteiger partial charge in [-0.1, -0.05) is 25.0 Å². The van der Waals surface area contributed by atoms with E-state index in [0.29, 0.717) is 28.1 Å². The Balaban J connectivity index is 1.42. The fraction of sp³-hybridized carbons (Fsp3) is 0.214. The minimum Gasteiger partial charge on any atom is -0.507 e. The Hall–Kier alpha value is -4.53. The van der Waals surface area contributed by atoms with Crippen LogP contribution in [0.5, 0.6) is 5.75 Å². The van der Waals surface area contributed by atoms with Crippen LogP contribution in [-0.2, 0) is 6.54 Å². The Morgan fingerprint density at radius 1 is 1.03 bits per heavy atom. The average molecular weight is 500 g/mol. The van der Waals surface area contributed by atoms with Crippen molar-refractivity contribution in [3.63, 3.8) is 0 Å². The summed E-state index contributed by atoms with van der Waals surface area (Å²) in [5.41, 5.74) is 3.13. The van der Waals surface area contributed by atoms with Crippen LogP contribution in [0, 0.1) is 5.82 Å². The maximum atomic E-state index is 13.5. The van der Waals surface area contributed by atoms with E-state index in [1.165, 1.54) is 35.3 Å². The van der Waals surface area contributed by atoms with Gasteiger partial charge in [0.1, 0.15) is 11.6 Å². The van der Waals surface area contributed by atoms with E-state index in [0.717, 1.165) is 31.4 Å². The predicted molar refractivity (Wildman–Crippen MR) is 137 cm³/mol. The van der Waals surface area contributed by atoms with Crippen LogP contribution in [0.1, 0.15) is 53.2 Å². The van der Waals surface area contributed by atoms with Crippen LogP contribution in [0.2, 0.25) is 0 Å². The SMILES string of the molecule is O=C(Nc1ccc(O)c(-c2cc(C3CCCC3)n(C(=O)NCc3cccc(F)c3)n2)c1)c1ccncc1. The zero-order chi connectivity index (χ0) is 25.8. The number of hydrogen-bond donors (Lipinski definition) is 3. The van der Waals surface area contributed by atoms with Crippen molar-refractivity contribution in [2.45, 2.75) is 38.1 Å². The predicted octanol–water partition coefficient (Wildman–Crippen LogP) is 5.46. The van der Waals surface area contributed by atoms with E-state index >= 15 is 0 Å². The number of carbonyl (C=O) groups excluding carboxylic acids is 2. The quantitative estimate of drug-likeness (QED) is 0.305. The molecule has 37 heavy (non-hydrogen) atoms. The minimum absolute atomic E-state index is 0.0234. The van der Waals surface area contributed by atoms with Gasteiger partial charge in [0.2, 0.25) is 0 Å². The van der Waals surface area contributed by atoms with Crippen LogP contribution in [0.15, 0.2) is 73.1 Å². The van der Waals surface area contributed by atoms with Crippen molar-refractivity contribution in [1.82, 2.24) is 20.1 Å². The van der Waals surface area contributed by atoms with Crippen LogP contribution >= 0.6 is 0 Å². The topological polar surface area (TPSA) is 109 Å². The number of aromatic nitrogens is 3. The molecule has 2 heterocycles. The van der Waals surface area contributed by atoms with Crippen LogP contribution in [0.3, 0.4) is 0 Å². The third kappa shape index (κ3) is 5.50. The normalized spacial score (nSPS) is 13.4. The third-order valence-corrected chi connectivity index (χ3v) is 6.51. The molecule has 0 radical (unpaired) electrons. The molecule has 0 spiro atoms. The summed E-state index contributed by atoms with van der Waals surface area (Å²) < 4.78 is 14.9. The molecule has 9 heteroatoms. The first-order valence-electron chi connectivity index (χ1n) is 12.2. The smallest absolute Gasteiger partial charge is 0.342 e. The number of benzene rings is 2. The van der Waals surface area contributed by atoms with Crippen molar-refractivity contribution < 1.29 is 19.1 Å². The number of phenolic OH excluding ortho intramolecular Hbond substituents is 1. The van der Waals surface area contributed by atoms with Crippen molar-refractivity contribution in [2.24, 2.45) is 0 Å². The first-order valence-corrected chi connectivity index (χ1v) is 12.2. The molecule has 1 aliphatic rings. The Labute approximate surface area is 213 Å². The number of halogens is 1. The van der Waals surface area contributed by atoms with Gasteiger partial charge in [0.15, 0.2) is 0 Å². The van der Waals surface area contributed by atoms with E-state index in [-0.39, 0.29) is 29.9 Å². The fourth-order valence-corrected chi connectivity index (χ4v) is 4.63. The maximum absolute atomic E-state index is 13.5. The van der Waals surface area contributed by atoms with Crippen molar-refractivity contribution >= 4 is 17.6 Å². The molecule has 1 aliphatic carbocycles. The second kappa shape index (κ2) is 10.6. The van der Waals surface area contributed by atoms with Gasteiger partial charge in [-0.3, -0.25) is 9.78 Å². The monoisotopic (exact) mass is 499 g/mol. The first-order chi connectivity index (χ1) is 18.0. The summed E-state index contributed by atoms with van der Waals surface area (Å²) in [6.45, 7) is 0.150. The number of carbonyl (C=O) groups is 2. The number of aromatic hydroxyl groups is 1. The van der Waals surface area contributed by atoms with Gasteiger partial charge in [0.05, 0.1) is 11.4 Å². The number of anilines is 1. The largest absolute Gasteiger partial charge is 0.507 e. The molecular formula is C28H26FN5O3. The molecule has 0 atom stereocenters. The van der Waals surface area contributed by atoms with Crippen LogP contribution in [0.25, 0.3) is 11.3 Å². The first kappa shape index (κ1) is 24.2. The maximum Gasteiger partial charge on any atom is 0.342 e. The van der Waals surface area contributed by atoms with Gasteiger partial charge in [-0.15, -0.1) is 0 Å². The number of nitrogens with zero attached hydrogens (tertiary/aromatic N) is 3. The lowest BCUT2D eigenvalue weighted by Crippen LogP contribution is -2.30. The summed E-state index contributed by atoms with van der Waals surface area (Å²) in [5.74, 6) is -0.540. The summed E-state index contributed by atoms with van der Waals surface area (Å²) in [6.07, 6.45) is 7.09. The van der Waals surface area contributed by atoms with Gasteiger partial charge in [-0.2, -0.15) is 9.78 Å². The molecule has 2 aromatic heterocycles. The number of hydrogen-bond acceptors (Lipinski definition) is 5. The summed E-state index contributed by atoms with van der Waals surface area (Å²) in [7, 11) is 0. The minimum atomic E-state index is -0.431. The second-order valence-corrected chi connectivity index (χ2v) is 9.06. The van der Waals surface area contributed by atoms with E-state index in [2.05, 4.69) is 20.7 Å². The molecule has 1 saturated carbocycles. The van der Waals surface area contributed by atoms with E-state index < -0.39 is 6.03 Å². The van der Waals surface area contributed by atoms with E-state index in [4.69, 9.17) is 0 Å². The Morgan fingerprint density at radius 3 is 2.57 bits per heavy atom. The molecule has 0 saturated heterocycles. The zero-order valence-electron chi connectivity index (χ0n) is 20.0. The molecular weight excluding hydrogens is 473 g/mol. The van der Waals surface area contributed by atoms with Crippen molar-refractivity contribution in [1.29, 1.82) is 0 Å². The Kier molecular flexibility index (Phi) is 6.93. The summed E-state index contributed by atoms with van der Waals surface area (Å²) in [5, 5.41) is 20.8. The zero-order valence-corrected chi connectivity index (χ0v) is 20.0. The Bertz CT molecular complexity index is 1430. The lowest BCUT2D eigenvalue weighted by Gasteiger charge is -2.12. The number of phenols is 1. The highest BCUT2D eigenvalue weighted by atomic mass is 19.1. The molecule has 0 bridgehead atoms. The molecule has 0 aliphatic heterocycles. The molecule has 5 rings (SSSR count).